The second-order valence-corrected chi connectivity index (χ2v) is 13.1. The maximum atomic E-state index is 2.52. The number of benzene rings is 2. The molecule has 4 rings (SSSR count). The van der Waals surface area contributed by atoms with Gasteiger partial charge in [0.1, 0.15) is 0 Å². The van der Waals surface area contributed by atoms with E-state index in [2.05, 4.69) is 81.8 Å². The van der Waals surface area contributed by atoms with E-state index >= 15 is 0 Å². The van der Waals surface area contributed by atoms with E-state index in [1.165, 1.54) is 22.3 Å². The average molecular weight is 448 g/mol. The molecule has 2 unspecified atom stereocenters. The fraction of sp³-hybridized carbons (Fsp3) is 0.273. The van der Waals surface area contributed by atoms with Crippen LogP contribution in [0.15, 0.2) is 47.8 Å². The number of fused-ring (bicyclic) bond motifs is 2. The van der Waals surface area contributed by atoms with Crippen LogP contribution in [0.25, 0.3) is 12.2 Å². The Kier molecular flexibility index (Phi) is 6.92. The Bertz CT molecular complexity index is 870. The standard InChI is InChI=1S/C11H12P.C11H11.2FH.Zr/c1-12(2)11-7-9-5-3-4-6-10(9)8-11;1-8-6-7-9(2)11-5-3-4-10(8)11;;;/h3-8H,1-2H3;3-7H,1-2H3;2*1H;/q;;;;+2/p-2. The van der Waals surface area contributed by atoms with Gasteiger partial charge < -0.3 is 9.41 Å². The first-order chi connectivity index (χ1) is 11.6. The van der Waals surface area contributed by atoms with Crippen molar-refractivity contribution in [1.29, 1.82) is 0 Å². The van der Waals surface area contributed by atoms with Crippen molar-refractivity contribution >= 4 is 20.1 Å². The summed E-state index contributed by atoms with van der Waals surface area (Å²) in [6.07, 6.45) is 7.42. The van der Waals surface area contributed by atoms with Crippen LogP contribution in [-0.4, -0.2) is 13.3 Å². The molecule has 0 aromatic heterocycles. The molecule has 0 aliphatic heterocycles. The Morgan fingerprint density at radius 1 is 0.923 bits per heavy atom. The fourth-order valence-electron chi connectivity index (χ4n) is 3.97. The quantitative estimate of drug-likeness (QED) is 0.594. The molecule has 2 atom stereocenters. The molecule has 0 amide bonds. The molecule has 0 N–H and O–H groups in total. The Morgan fingerprint density at radius 2 is 1.62 bits per heavy atom. The van der Waals surface area contributed by atoms with Gasteiger partial charge in [-0.2, -0.15) is 0 Å². The summed E-state index contributed by atoms with van der Waals surface area (Å²) in [5.41, 5.74) is 9.16. The van der Waals surface area contributed by atoms with Gasteiger partial charge in [0.25, 0.3) is 0 Å². The third-order valence-corrected chi connectivity index (χ3v) is 11.7. The second kappa shape index (κ2) is 8.41. The first-order valence-corrected chi connectivity index (χ1v) is 13.7. The molecule has 0 saturated heterocycles. The summed E-state index contributed by atoms with van der Waals surface area (Å²) >= 11 is -0.661. The fourth-order valence-corrected chi connectivity index (χ4v) is 11.8. The summed E-state index contributed by atoms with van der Waals surface area (Å²) in [5.74, 6) is 0. The van der Waals surface area contributed by atoms with Crippen molar-refractivity contribution in [2.24, 2.45) is 0 Å². The molecule has 2 aromatic carbocycles. The van der Waals surface area contributed by atoms with Gasteiger partial charge >= 0.3 is 159 Å². The normalized spacial score (nSPS) is 19.2. The molecule has 0 saturated carbocycles. The molecule has 0 bridgehead atoms. The second-order valence-electron chi connectivity index (χ2n) is 7.06. The first-order valence-electron chi connectivity index (χ1n) is 8.58. The van der Waals surface area contributed by atoms with Crippen LogP contribution in [0.1, 0.15) is 40.6 Å². The van der Waals surface area contributed by atoms with E-state index in [0.29, 0.717) is 0 Å². The minimum atomic E-state index is -0.661. The van der Waals surface area contributed by atoms with Crippen molar-refractivity contribution in [1.82, 2.24) is 0 Å². The molecule has 0 spiro atoms. The zero-order chi connectivity index (χ0) is 16.8. The number of aryl methyl sites for hydroxylation is 2. The van der Waals surface area contributed by atoms with Gasteiger partial charge in [-0.3, -0.25) is 0 Å². The SMILES string of the molecule is Cc1ccc(C)c2c1C=C[CH]2[Zr+2][CH]1C(P(C)C)=Cc2ccccc21.[F-].[F-]. The minimum Gasteiger partial charge on any atom is -1.00 e. The Hall–Kier alpha value is -0.907. The molecule has 134 valence electrons. The first kappa shape index (κ1) is 21.4. The summed E-state index contributed by atoms with van der Waals surface area (Å²) in [4.78, 5) is 0. The van der Waals surface area contributed by atoms with Gasteiger partial charge in [-0.1, -0.05) is 0 Å². The van der Waals surface area contributed by atoms with E-state index in [0.717, 1.165) is 7.25 Å². The predicted octanol–water partition coefficient (Wildman–Crippen LogP) is 0.299. The molecule has 0 heterocycles. The van der Waals surface area contributed by atoms with Gasteiger partial charge in [0.2, 0.25) is 0 Å². The average Bonchev–Trinajstić information content (AvgIpc) is 3.15. The Labute approximate surface area is 167 Å². The van der Waals surface area contributed by atoms with Crippen molar-refractivity contribution in [3.05, 3.63) is 81.2 Å². The zero-order valence-corrected chi connectivity index (χ0v) is 18.9. The zero-order valence-electron chi connectivity index (χ0n) is 15.6. The van der Waals surface area contributed by atoms with Crippen molar-refractivity contribution in [3.8, 4) is 0 Å². The number of rotatable bonds is 3. The van der Waals surface area contributed by atoms with E-state index in [4.69, 9.17) is 0 Å². The largest absolute Gasteiger partial charge is 1.00 e. The molecule has 4 heteroatoms. The van der Waals surface area contributed by atoms with Crippen LogP contribution in [-0.2, 0) is 23.2 Å². The van der Waals surface area contributed by atoms with E-state index in [1.54, 1.807) is 16.4 Å². The monoisotopic (exact) mass is 446 g/mol. The maximum Gasteiger partial charge on any atom is -1.00 e. The third kappa shape index (κ3) is 3.58. The summed E-state index contributed by atoms with van der Waals surface area (Å²) in [6.45, 7) is 9.40. The van der Waals surface area contributed by atoms with Crippen LogP contribution < -0.4 is 9.41 Å². The van der Waals surface area contributed by atoms with Gasteiger partial charge in [-0.15, -0.1) is 0 Å². The molecule has 2 aliphatic carbocycles. The molecule has 2 aromatic rings. The van der Waals surface area contributed by atoms with Crippen LogP contribution in [0, 0.1) is 13.8 Å². The number of halogens is 2. The number of hydrogen-bond acceptors (Lipinski definition) is 0. The van der Waals surface area contributed by atoms with Gasteiger partial charge in [0.05, 0.1) is 0 Å². The van der Waals surface area contributed by atoms with Crippen molar-refractivity contribution in [2.45, 2.75) is 21.1 Å². The van der Waals surface area contributed by atoms with Gasteiger partial charge in [0, 0.05) is 0 Å². The van der Waals surface area contributed by atoms with Gasteiger partial charge in [-0.25, -0.2) is 0 Å². The molecule has 0 nitrogen and oxygen atoms in total. The van der Waals surface area contributed by atoms with E-state index in [-0.39, 0.29) is 17.3 Å². The van der Waals surface area contributed by atoms with Crippen LogP contribution in [0.4, 0.5) is 0 Å². The summed E-state index contributed by atoms with van der Waals surface area (Å²) in [6, 6.07) is 13.7. The topological polar surface area (TPSA) is 0 Å². The van der Waals surface area contributed by atoms with Crippen LogP contribution >= 0.6 is 7.92 Å². The molecule has 0 radical (unpaired) electrons. The summed E-state index contributed by atoms with van der Waals surface area (Å²) in [7, 11) is -0.00913. The van der Waals surface area contributed by atoms with Crippen molar-refractivity contribution < 1.29 is 32.6 Å². The van der Waals surface area contributed by atoms with Crippen molar-refractivity contribution in [2.75, 3.05) is 13.3 Å². The summed E-state index contributed by atoms with van der Waals surface area (Å²) < 4.78 is 1.48. The third-order valence-electron chi connectivity index (χ3n) is 5.26. The van der Waals surface area contributed by atoms with Crippen molar-refractivity contribution in [3.63, 3.8) is 0 Å². The van der Waals surface area contributed by atoms with Gasteiger partial charge in [-0.05, 0) is 0 Å². The number of hydrogen-bond donors (Lipinski definition) is 0. The minimum absolute atomic E-state index is 0. The summed E-state index contributed by atoms with van der Waals surface area (Å²) in [5, 5.41) is 1.74. The van der Waals surface area contributed by atoms with Gasteiger partial charge in [0.15, 0.2) is 0 Å². The molecule has 0 fully saturated rings. The Balaban J connectivity index is 0.00000121. The molecular formula is C22H23F2PZr. The van der Waals surface area contributed by atoms with Crippen LogP contribution in [0.3, 0.4) is 0 Å². The molecule has 2 aliphatic rings. The smallest absolute Gasteiger partial charge is 1.00 e. The van der Waals surface area contributed by atoms with Crippen LogP contribution in [0.2, 0.25) is 0 Å². The maximum absolute atomic E-state index is 2.52. The molecular weight excluding hydrogens is 424 g/mol. The Morgan fingerprint density at radius 3 is 2.35 bits per heavy atom. The van der Waals surface area contributed by atoms with E-state index < -0.39 is 23.2 Å². The van der Waals surface area contributed by atoms with Crippen LogP contribution in [0.5, 0.6) is 0 Å². The molecule has 26 heavy (non-hydrogen) atoms. The predicted molar refractivity (Wildman–Crippen MR) is 104 cm³/mol. The van der Waals surface area contributed by atoms with E-state index in [1.807, 2.05) is 0 Å². The number of allylic oxidation sites excluding steroid dienone is 2. The van der Waals surface area contributed by atoms with E-state index in [9.17, 15) is 0 Å².